The van der Waals surface area contributed by atoms with Gasteiger partial charge in [0, 0.05) is 26.2 Å². The number of rotatable bonds is 4. The molecule has 0 saturated carbocycles. The van der Waals surface area contributed by atoms with Crippen molar-refractivity contribution >= 4 is 57.8 Å². The summed E-state index contributed by atoms with van der Waals surface area (Å²) >= 11 is 18.0. The summed E-state index contributed by atoms with van der Waals surface area (Å²) in [4.78, 5) is 12.7. The number of carbonyl (C=O) groups is 1. The van der Waals surface area contributed by atoms with Crippen molar-refractivity contribution in [3.05, 3.63) is 57.5 Å². The highest BCUT2D eigenvalue weighted by atomic mass is 35.5. The lowest BCUT2D eigenvalue weighted by atomic mass is 9.90. The lowest BCUT2D eigenvalue weighted by Crippen LogP contribution is -2.34. The summed E-state index contributed by atoms with van der Waals surface area (Å²) in [6.07, 6.45) is 0. The molecule has 0 aliphatic heterocycles. The predicted molar refractivity (Wildman–Crippen MR) is 107 cm³/mol. The second kappa shape index (κ2) is 8.09. The Labute approximate surface area is 162 Å². The summed E-state index contributed by atoms with van der Waals surface area (Å²) in [5, 5.41) is 8.69. The molecule has 0 fully saturated rings. The van der Waals surface area contributed by atoms with Crippen molar-refractivity contribution in [2.45, 2.75) is 20.8 Å². The van der Waals surface area contributed by atoms with E-state index in [1.807, 2.05) is 20.8 Å². The predicted octanol–water partition coefficient (Wildman–Crippen LogP) is 6.10. The van der Waals surface area contributed by atoms with Gasteiger partial charge in [0.1, 0.15) is 0 Å². The molecule has 25 heavy (non-hydrogen) atoms. The third-order valence-electron chi connectivity index (χ3n) is 3.14. The van der Waals surface area contributed by atoms with Gasteiger partial charge in [-0.25, -0.2) is 0 Å². The molecule has 0 bridgehead atoms. The van der Waals surface area contributed by atoms with Crippen LogP contribution in [0.4, 0.5) is 11.4 Å². The fourth-order valence-electron chi connectivity index (χ4n) is 1.93. The van der Waals surface area contributed by atoms with Crippen LogP contribution in [0.5, 0.6) is 0 Å². The molecule has 4 nitrogen and oxygen atoms in total. The van der Waals surface area contributed by atoms with Crippen LogP contribution in [-0.4, -0.2) is 11.6 Å². The van der Waals surface area contributed by atoms with E-state index in [0.29, 0.717) is 26.4 Å². The first-order valence-electron chi connectivity index (χ1n) is 7.52. The molecular weight excluding hydrogens is 381 g/mol. The largest absolute Gasteiger partial charge is 0.336 e. The normalized spacial score (nSPS) is 12.0. The van der Waals surface area contributed by atoms with E-state index >= 15 is 0 Å². The van der Waals surface area contributed by atoms with Gasteiger partial charge in [0.15, 0.2) is 5.84 Å². The zero-order chi connectivity index (χ0) is 18.6. The number of halogens is 3. The summed E-state index contributed by atoms with van der Waals surface area (Å²) < 4.78 is 0. The number of nitrogens with zero attached hydrogens (tertiary/aromatic N) is 1. The van der Waals surface area contributed by atoms with Gasteiger partial charge < -0.3 is 5.32 Å². The third-order valence-corrected chi connectivity index (χ3v) is 3.81. The average molecular weight is 399 g/mol. The molecule has 0 unspecified atom stereocenters. The van der Waals surface area contributed by atoms with Crippen molar-refractivity contribution in [2.75, 3.05) is 10.7 Å². The van der Waals surface area contributed by atoms with Crippen molar-refractivity contribution in [2.24, 2.45) is 10.5 Å². The van der Waals surface area contributed by atoms with Crippen LogP contribution in [0.3, 0.4) is 0 Å². The van der Waals surface area contributed by atoms with Gasteiger partial charge >= 0.3 is 0 Å². The summed E-state index contributed by atoms with van der Waals surface area (Å²) in [5.41, 5.74) is 3.46. The number of Topliss-reactive ketones (excluding diaryl/α,β-unsaturated/α-hetero) is 1. The molecule has 0 radical (unpaired) electrons. The Morgan fingerprint density at radius 2 is 1.52 bits per heavy atom. The highest BCUT2D eigenvalue weighted by Crippen LogP contribution is 2.24. The molecule has 0 aliphatic carbocycles. The first-order valence-corrected chi connectivity index (χ1v) is 8.66. The first kappa shape index (κ1) is 19.6. The summed E-state index contributed by atoms with van der Waals surface area (Å²) in [6.45, 7) is 5.45. The highest BCUT2D eigenvalue weighted by Gasteiger charge is 2.27. The second-order valence-electron chi connectivity index (χ2n) is 6.44. The smallest absolute Gasteiger partial charge is 0.205 e. The van der Waals surface area contributed by atoms with Crippen molar-refractivity contribution in [3.8, 4) is 0 Å². The zero-order valence-corrected chi connectivity index (χ0v) is 16.3. The van der Waals surface area contributed by atoms with Gasteiger partial charge in [-0.3, -0.25) is 10.2 Å². The van der Waals surface area contributed by atoms with E-state index < -0.39 is 5.41 Å². The SMILES string of the molecule is CC(C)(C)C(=O)/C(=N/Nc1cccc(Cl)c1)Nc1cc(Cl)cc(Cl)c1. The van der Waals surface area contributed by atoms with Crippen LogP contribution < -0.4 is 10.7 Å². The molecular formula is C18H18Cl3N3O. The van der Waals surface area contributed by atoms with E-state index in [1.54, 1.807) is 42.5 Å². The minimum atomic E-state index is -0.621. The Morgan fingerprint density at radius 3 is 2.08 bits per heavy atom. The molecule has 0 heterocycles. The number of nitrogens with one attached hydrogen (secondary N) is 2. The van der Waals surface area contributed by atoms with E-state index in [-0.39, 0.29) is 11.6 Å². The molecule has 0 amide bonds. The van der Waals surface area contributed by atoms with Crippen molar-refractivity contribution in [3.63, 3.8) is 0 Å². The molecule has 2 aromatic rings. The Bertz CT molecular complexity index is 793. The van der Waals surface area contributed by atoms with Gasteiger partial charge in [0.05, 0.1) is 5.69 Å². The van der Waals surface area contributed by atoms with Crippen LogP contribution in [0.25, 0.3) is 0 Å². The van der Waals surface area contributed by atoms with E-state index in [1.165, 1.54) is 0 Å². The summed E-state index contributed by atoms with van der Waals surface area (Å²) in [5.74, 6) is -0.0241. The number of hydrogen-bond acceptors (Lipinski definition) is 3. The molecule has 2 rings (SSSR count). The number of anilines is 2. The number of amidine groups is 1. The van der Waals surface area contributed by atoms with Crippen molar-refractivity contribution in [1.82, 2.24) is 0 Å². The molecule has 0 aliphatic rings. The molecule has 2 N–H and O–H groups in total. The Balaban J connectivity index is 2.32. The molecule has 132 valence electrons. The van der Waals surface area contributed by atoms with E-state index in [0.717, 1.165) is 0 Å². The lowest BCUT2D eigenvalue weighted by Gasteiger charge is -2.19. The maximum absolute atomic E-state index is 12.7. The summed E-state index contributed by atoms with van der Waals surface area (Å²) in [7, 11) is 0. The Kier molecular flexibility index (Phi) is 6.33. The van der Waals surface area contributed by atoms with Crippen LogP contribution in [0.15, 0.2) is 47.6 Å². The van der Waals surface area contributed by atoms with Crippen LogP contribution in [0, 0.1) is 5.41 Å². The number of hydrogen-bond donors (Lipinski definition) is 2. The standard InChI is InChI=1S/C18H18Cl3N3O/c1-18(2,3)16(25)17(22-15-9-12(20)7-13(21)10-15)24-23-14-6-4-5-11(19)8-14/h4-10,23H,1-3H3,(H,22,24). The summed E-state index contributed by atoms with van der Waals surface area (Å²) in [6, 6.07) is 12.0. The number of carbonyl (C=O) groups excluding carboxylic acids is 1. The van der Waals surface area contributed by atoms with Gasteiger partial charge in [0.2, 0.25) is 5.78 Å². The molecule has 0 atom stereocenters. The minimum absolute atomic E-state index is 0.144. The van der Waals surface area contributed by atoms with Crippen LogP contribution in [0.2, 0.25) is 15.1 Å². The minimum Gasteiger partial charge on any atom is -0.336 e. The number of benzene rings is 2. The van der Waals surface area contributed by atoms with Gasteiger partial charge in [-0.05, 0) is 36.4 Å². The Hall–Kier alpha value is -1.75. The zero-order valence-electron chi connectivity index (χ0n) is 14.0. The topological polar surface area (TPSA) is 53.5 Å². The van der Waals surface area contributed by atoms with Crippen molar-refractivity contribution in [1.29, 1.82) is 0 Å². The maximum atomic E-state index is 12.7. The highest BCUT2D eigenvalue weighted by molar-refractivity contribution is 6.45. The fraction of sp³-hybridized carbons (Fsp3) is 0.222. The van der Waals surface area contributed by atoms with Crippen molar-refractivity contribution < 1.29 is 4.79 Å². The molecule has 2 aromatic carbocycles. The molecule has 0 spiro atoms. The van der Waals surface area contributed by atoms with Gasteiger partial charge in [0.25, 0.3) is 0 Å². The monoisotopic (exact) mass is 397 g/mol. The molecule has 7 heteroatoms. The van der Waals surface area contributed by atoms with E-state index in [2.05, 4.69) is 15.8 Å². The van der Waals surface area contributed by atoms with Gasteiger partial charge in [-0.2, -0.15) is 5.10 Å². The molecule has 0 aromatic heterocycles. The lowest BCUT2D eigenvalue weighted by molar-refractivity contribution is -0.119. The van der Waals surface area contributed by atoms with E-state index in [4.69, 9.17) is 34.8 Å². The van der Waals surface area contributed by atoms with Crippen LogP contribution in [-0.2, 0) is 4.79 Å². The number of hydrazone groups is 1. The quantitative estimate of drug-likeness (QED) is 0.372. The average Bonchev–Trinajstić information content (AvgIpc) is 2.49. The second-order valence-corrected chi connectivity index (χ2v) is 7.75. The Morgan fingerprint density at radius 1 is 0.920 bits per heavy atom. The third kappa shape index (κ3) is 5.92. The first-order chi connectivity index (χ1) is 11.6. The molecule has 0 saturated heterocycles. The van der Waals surface area contributed by atoms with Crippen LogP contribution in [0.1, 0.15) is 20.8 Å². The maximum Gasteiger partial charge on any atom is 0.205 e. The van der Waals surface area contributed by atoms with Crippen LogP contribution >= 0.6 is 34.8 Å². The fourth-order valence-corrected chi connectivity index (χ4v) is 2.65. The van der Waals surface area contributed by atoms with Gasteiger partial charge in [-0.1, -0.05) is 61.6 Å². The van der Waals surface area contributed by atoms with Gasteiger partial charge in [-0.15, -0.1) is 0 Å². The van der Waals surface area contributed by atoms with E-state index in [9.17, 15) is 4.79 Å². The number of ketones is 1.